The highest BCUT2D eigenvalue weighted by Gasteiger charge is 2.15. The Kier molecular flexibility index (Phi) is 3.33. The molecule has 2 nitrogen and oxygen atoms in total. The van der Waals surface area contributed by atoms with E-state index in [1.165, 1.54) is 16.0 Å². The van der Waals surface area contributed by atoms with Crippen LogP contribution in [-0.4, -0.2) is 5.78 Å². The van der Waals surface area contributed by atoms with Crippen LogP contribution in [0.2, 0.25) is 0 Å². The molecule has 1 aliphatic rings. The minimum Gasteiger partial charge on any atom is -0.295 e. The van der Waals surface area contributed by atoms with E-state index in [0.717, 1.165) is 23.3 Å². The van der Waals surface area contributed by atoms with Crippen LogP contribution in [0.4, 0.5) is 0 Å². The maximum atomic E-state index is 11.5. The van der Waals surface area contributed by atoms with E-state index in [4.69, 9.17) is 5.26 Å². The molecule has 0 amide bonds. The van der Waals surface area contributed by atoms with Gasteiger partial charge in [0.15, 0.2) is 5.78 Å². The fraction of sp³-hybridized carbons (Fsp3) is 0.176. The van der Waals surface area contributed by atoms with Crippen molar-refractivity contribution < 1.29 is 4.79 Å². The first-order valence-corrected chi connectivity index (χ1v) is 7.34. The Morgan fingerprint density at radius 1 is 1.10 bits per heavy atom. The van der Waals surface area contributed by atoms with Crippen molar-refractivity contribution in [3.63, 3.8) is 0 Å². The molecule has 0 unspecified atom stereocenters. The van der Waals surface area contributed by atoms with Crippen molar-refractivity contribution >= 4 is 17.5 Å². The summed E-state index contributed by atoms with van der Waals surface area (Å²) in [6, 6.07) is 14.0. The van der Waals surface area contributed by atoms with E-state index in [2.05, 4.69) is 6.07 Å². The Morgan fingerprint density at radius 2 is 1.90 bits per heavy atom. The van der Waals surface area contributed by atoms with Crippen molar-refractivity contribution in [3.8, 4) is 6.07 Å². The zero-order chi connectivity index (χ0) is 14.1. The first-order chi connectivity index (χ1) is 9.67. The zero-order valence-electron chi connectivity index (χ0n) is 11.1. The third kappa shape index (κ3) is 2.35. The minimum absolute atomic E-state index is 0.103. The van der Waals surface area contributed by atoms with Crippen molar-refractivity contribution in [1.82, 2.24) is 0 Å². The van der Waals surface area contributed by atoms with Crippen molar-refractivity contribution in [1.29, 1.82) is 5.26 Å². The summed E-state index contributed by atoms with van der Waals surface area (Å²) < 4.78 is 0. The van der Waals surface area contributed by atoms with Gasteiger partial charge in [-0.15, -0.1) is 0 Å². The van der Waals surface area contributed by atoms with Crippen LogP contribution in [0.3, 0.4) is 0 Å². The van der Waals surface area contributed by atoms with Crippen LogP contribution < -0.4 is 0 Å². The van der Waals surface area contributed by atoms with E-state index in [9.17, 15) is 4.79 Å². The highest BCUT2D eigenvalue weighted by atomic mass is 32.2. The van der Waals surface area contributed by atoms with Crippen LogP contribution in [0.5, 0.6) is 0 Å². The normalized spacial score (nSPS) is 12.8. The molecule has 0 saturated carbocycles. The number of Topliss-reactive ketones (excluding diaryl/α,β-unsaturated/α-hetero) is 1. The summed E-state index contributed by atoms with van der Waals surface area (Å²) in [7, 11) is 0. The quantitative estimate of drug-likeness (QED) is 0.740. The fourth-order valence-electron chi connectivity index (χ4n) is 2.41. The van der Waals surface area contributed by atoms with E-state index in [0.29, 0.717) is 5.56 Å². The third-order valence-electron chi connectivity index (χ3n) is 3.55. The van der Waals surface area contributed by atoms with Crippen molar-refractivity contribution in [3.05, 3.63) is 58.7 Å². The number of ketones is 1. The van der Waals surface area contributed by atoms with Gasteiger partial charge in [-0.25, -0.2) is 0 Å². The van der Waals surface area contributed by atoms with Crippen LogP contribution >= 0.6 is 11.8 Å². The molecule has 1 heterocycles. The standard InChI is InChI=1S/C17H13NOS/c1-11(19)14-6-7-16-15(9-14)5-4-13-3-2-12(10-18)8-17(13)20-16/h2-3,6-9H,4-5H2,1H3. The average Bonchev–Trinajstić information content (AvgIpc) is 2.64. The maximum absolute atomic E-state index is 11.5. The molecule has 0 bridgehead atoms. The molecule has 0 N–H and O–H groups in total. The highest BCUT2D eigenvalue weighted by molar-refractivity contribution is 7.99. The monoisotopic (exact) mass is 279 g/mol. The first-order valence-electron chi connectivity index (χ1n) is 6.52. The van der Waals surface area contributed by atoms with Gasteiger partial charge in [0.05, 0.1) is 11.6 Å². The number of nitrogens with zero attached hydrogens (tertiary/aromatic N) is 1. The summed E-state index contributed by atoms with van der Waals surface area (Å²) in [5.74, 6) is 0.103. The molecule has 20 heavy (non-hydrogen) atoms. The number of hydrogen-bond donors (Lipinski definition) is 0. The molecule has 98 valence electrons. The van der Waals surface area contributed by atoms with Gasteiger partial charge in [-0.3, -0.25) is 4.79 Å². The SMILES string of the molecule is CC(=O)c1ccc2c(c1)CCc1ccc(C#N)cc1S2. The van der Waals surface area contributed by atoms with Gasteiger partial charge in [-0.1, -0.05) is 23.9 Å². The van der Waals surface area contributed by atoms with Crippen molar-refractivity contribution in [2.45, 2.75) is 29.6 Å². The highest BCUT2D eigenvalue weighted by Crippen LogP contribution is 2.37. The van der Waals surface area contributed by atoms with Crippen LogP contribution in [0.25, 0.3) is 0 Å². The molecule has 3 heteroatoms. The number of benzene rings is 2. The fourth-order valence-corrected chi connectivity index (χ4v) is 3.56. The number of carbonyl (C=O) groups excluding carboxylic acids is 1. The van der Waals surface area contributed by atoms with Gasteiger partial charge in [0, 0.05) is 15.4 Å². The summed E-state index contributed by atoms with van der Waals surface area (Å²) >= 11 is 1.69. The van der Waals surface area contributed by atoms with Gasteiger partial charge < -0.3 is 0 Å². The molecule has 0 spiro atoms. The van der Waals surface area contributed by atoms with Crippen LogP contribution in [-0.2, 0) is 12.8 Å². The molecule has 1 aliphatic heterocycles. The van der Waals surface area contributed by atoms with Gasteiger partial charge in [-0.2, -0.15) is 5.26 Å². The summed E-state index contributed by atoms with van der Waals surface area (Å²) in [6.45, 7) is 1.60. The molecule has 3 rings (SSSR count). The van der Waals surface area contributed by atoms with Gasteiger partial charge in [0.2, 0.25) is 0 Å². The Bertz CT molecular complexity index is 743. The van der Waals surface area contributed by atoms with Crippen LogP contribution in [0.15, 0.2) is 46.2 Å². The Labute approximate surface area is 122 Å². The van der Waals surface area contributed by atoms with Crippen molar-refractivity contribution in [2.75, 3.05) is 0 Å². The number of rotatable bonds is 1. The number of hydrogen-bond acceptors (Lipinski definition) is 3. The van der Waals surface area contributed by atoms with Gasteiger partial charge in [-0.05, 0) is 55.2 Å². The second kappa shape index (κ2) is 5.15. The molecule has 0 aliphatic carbocycles. The van der Waals surface area contributed by atoms with Crippen LogP contribution in [0.1, 0.15) is 34.0 Å². The average molecular weight is 279 g/mol. The zero-order valence-corrected chi connectivity index (χ0v) is 12.0. The van der Waals surface area contributed by atoms with E-state index >= 15 is 0 Å². The lowest BCUT2D eigenvalue weighted by Gasteiger charge is -2.07. The predicted octanol–water partition coefficient (Wildman–Crippen LogP) is 4.01. The molecule has 2 aromatic carbocycles. The lowest BCUT2D eigenvalue weighted by Crippen LogP contribution is -1.96. The smallest absolute Gasteiger partial charge is 0.159 e. The van der Waals surface area contributed by atoms with Crippen molar-refractivity contribution in [2.24, 2.45) is 0 Å². The number of fused-ring (bicyclic) bond motifs is 2. The van der Waals surface area contributed by atoms with E-state index in [1.807, 2.05) is 36.4 Å². The van der Waals surface area contributed by atoms with Crippen LogP contribution in [0, 0.1) is 11.3 Å². The van der Waals surface area contributed by atoms with Gasteiger partial charge in [0.25, 0.3) is 0 Å². The number of carbonyl (C=O) groups is 1. The minimum atomic E-state index is 0.103. The molecule has 2 aromatic rings. The Balaban J connectivity index is 2.04. The summed E-state index contributed by atoms with van der Waals surface area (Å²) in [6.07, 6.45) is 1.88. The molecular weight excluding hydrogens is 266 g/mol. The Morgan fingerprint density at radius 3 is 2.65 bits per heavy atom. The molecule has 0 fully saturated rings. The first kappa shape index (κ1) is 13.0. The molecular formula is C17H13NOS. The van der Waals surface area contributed by atoms with Gasteiger partial charge >= 0.3 is 0 Å². The summed E-state index contributed by atoms with van der Waals surface area (Å²) in [4.78, 5) is 13.8. The van der Waals surface area contributed by atoms with E-state index < -0.39 is 0 Å². The summed E-state index contributed by atoms with van der Waals surface area (Å²) in [5, 5.41) is 9.01. The second-order valence-corrected chi connectivity index (χ2v) is 6.00. The van der Waals surface area contributed by atoms with Gasteiger partial charge in [0.1, 0.15) is 0 Å². The summed E-state index contributed by atoms with van der Waals surface area (Å²) in [5.41, 5.74) is 3.96. The predicted molar refractivity (Wildman–Crippen MR) is 79.1 cm³/mol. The lowest BCUT2D eigenvalue weighted by atomic mass is 10.0. The lowest BCUT2D eigenvalue weighted by molar-refractivity contribution is 0.101. The third-order valence-corrected chi connectivity index (χ3v) is 4.77. The molecule has 0 radical (unpaired) electrons. The molecule has 0 aromatic heterocycles. The van der Waals surface area contributed by atoms with E-state index in [1.54, 1.807) is 18.7 Å². The maximum Gasteiger partial charge on any atom is 0.159 e. The molecule has 0 atom stereocenters. The second-order valence-electron chi connectivity index (χ2n) is 4.92. The topological polar surface area (TPSA) is 40.9 Å². The number of nitriles is 1. The number of aryl methyl sites for hydroxylation is 2. The van der Waals surface area contributed by atoms with E-state index in [-0.39, 0.29) is 5.78 Å². The Hall–Kier alpha value is -2.05. The molecule has 0 saturated heterocycles. The largest absolute Gasteiger partial charge is 0.295 e.